The maximum atomic E-state index is 4.37. The molecule has 0 aromatic rings. The summed E-state index contributed by atoms with van der Waals surface area (Å²) in [5, 5.41) is 0. The van der Waals surface area contributed by atoms with E-state index < -0.39 is 0 Å². The van der Waals surface area contributed by atoms with E-state index in [0.717, 1.165) is 0 Å². The highest BCUT2D eigenvalue weighted by atomic mass is 15.2. The quantitative estimate of drug-likeness (QED) is 0.765. The molecule has 0 N–H and O–H groups in total. The van der Waals surface area contributed by atoms with Gasteiger partial charge in [-0.1, -0.05) is 13.0 Å². The monoisotopic (exact) mass is 260 g/mol. The van der Waals surface area contributed by atoms with Crippen molar-refractivity contribution in [2.24, 2.45) is 0 Å². The Hall–Kier alpha value is -0.760. The lowest BCUT2D eigenvalue weighted by atomic mass is 9.91. The number of allylic oxidation sites excluding steroid dienone is 1. The summed E-state index contributed by atoms with van der Waals surface area (Å²) in [6, 6.07) is 0. The minimum Gasteiger partial charge on any atom is -0.371 e. The molecule has 2 heteroatoms. The van der Waals surface area contributed by atoms with Crippen molar-refractivity contribution in [1.29, 1.82) is 0 Å². The van der Waals surface area contributed by atoms with Crippen molar-refractivity contribution in [1.82, 2.24) is 9.80 Å². The Bertz CT molecular complexity index is 357. The van der Waals surface area contributed by atoms with Crippen LogP contribution >= 0.6 is 0 Å². The third-order valence-corrected chi connectivity index (χ3v) is 4.91. The summed E-state index contributed by atoms with van der Waals surface area (Å²) < 4.78 is 0. The van der Waals surface area contributed by atoms with E-state index in [0.29, 0.717) is 0 Å². The van der Waals surface area contributed by atoms with Gasteiger partial charge in [-0.15, -0.1) is 0 Å². The van der Waals surface area contributed by atoms with Crippen molar-refractivity contribution in [3.63, 3.8) is 0 Å². The van der Waals surface area contributed by atoms with Crippen LogP contribution in [0.25, 0.3) is 0 Å². The van der Waals surface area contributed by atoms with Crippen LogP contribution < -0.4 is 0 Å². The average Bonchev–Trinajstić information content (AvgIpc) is 2.94. The first-order valence-electron chi connectivity index (χ1n) is 8.22. The molecule has 0 bridgehead atoms. The molecular formula is C17H28N2. The van der Waals surface area contributed by atoms with Crippen LogP contribution in [0.5, 0.6) is 0 Å². The minimum atomic E-state index is 1.21. The first-order chi connectivity index (χ1) is 9.34. The van der Waals surface area contributed by atoms with Gasteiger partial charge in [0.25, 0.3) is 0 Å². The maximum absolute atomic E-state index is 4.37. The fourth-order valence-electron chi connectivity index (χ4n) is 3.93. The number of hydrogen-bond donors (Lipinski definition) is 0. The van der Waals surface area contributed by atoms with Crippen molar-refractivity contribution in [3.8, 4) is 0 Å². The second-order valence-electron chi connectivity index (χ2n) is 6.44. The van der Waals surface area contributed by atoms with Gasteiger partial charge in [0.1, 0.15) is 0 Å². The summed E-state index contributed by atoms with van der Waals surface area (Å²) >= 11 is 0. The summed E-state index contributed by atoms with van der Waals surface area (Å²) in [7, 11) is 0. The molecule has 2 heterocycles. The van der Waals surface area contributed by atoms with Gasteiger partial charge < -0.3 is 4.90 Å². The molecule has 0 unspecified atom stereocenters. The first kappa shape index (κ1) is 13.2. The average molecular weight is 260 g/mol. The summed E-state index contributed by atoms with van der Waals surface area (Å²) in [4.78, 5) is 5.30. The van der Waals surface area contributed by atoms with Crippen LogP contribution in [0.15, 0.2) is 23.4 Å². The normalized spacial score (nSPS) is 26.3. The standard InChI is InChI=1S/C17H28N2/c1-15-8-7-9-16(14-18-10-3-2-4-11-18)17(15)19-12-5-6-13-19/h1-14H2. The molecule has 0 radical (unpaired) electrons. The largest absolute Gasteiger partial charge is 0.371 e. The SMILES string of the molecule is C=C1CCCC(CN2CCCCC2)=C1N1CCCC1. The van der Waals surface area contributed by atoms with E-state index >= 15 is 0 Å². The molecule has 2 aliphatic heterocycles. The lowest BCUT2D eigenvalue weighted by Crippen LogP contribution is -2.34. The molecule has 0 amide bonds. The Morgan fingerprint density at radius 1 is 0.789 bits per heavy atom. The second-order valence-corrected chi connectivity index (χ2v) is 6.44. The summed E-state index contributed by atoms with van der Waals surface area (Å²) in [5.74, 6) is 0. The van der Waals surface area contributed by atoms with E-state index in [1.54, 1.807) is 11.3 Å². The van der Waals surface area contributed by atoms with Gasteiger partial charge in [0.15, 0.2) is 0 Å². The molecule has 19 heavy (non-hydrogen) atoms. The van der Waals surface area contributed by atoms with Gasteiger partial charge in [-0.3, -0.25) is 4.90 Å². The fraction of sp³-hybridized carbons (Fsp3) is 0.765. The van der Waals surface area contributed by atoms with Gasteiger partial charge in [-0.05, 0) is 69.2 Å². The van der Waals surface area contributed by atoms with Crippen molar-refractivity contribution < 1.29 is 0 Å². The van der Waals surface area contributed by atoms with Crippen LogP contribution in [0.1, 0.15) is 51.4 Å². The zero-order valence-electron chi connectivity index (χ0n) is 12.3. The van der Waals surface area contributed by atoms with E-state index in [1.165, 1.54) is 89.7 Å². The Balaban J connectivity index is 1.76. The lowest BCUT2D eigenvalue weighted by molar-refractivity contribution is 0.240. The molecule has 3 rings (SSSR count). The van der Waals surface area contributed by atoms with E-state index in [4.69, 9.17) is 0 Å². The molecule has 2 nitrogen and oxygen atoms in total. The first-order valence-corrected chi connectivity index (χ1v) is 8.22. The zero-order chi connectivity index (χ0) is 13.1. The van der Waals surface area contributed by atoms with Gasteiger partial charge in [-0.25, -0.2) is 0 Å². The molecule has 0 aromatic carbocycles. The number of nitrogens with zero attached hydrogens (tertiary/aromatic N) is 2. The van der Waals surface area contributed by atoms with Crippen LogP contribution in [0, 0.1) is 0 Å². The number of piperidine rings is 1. The predicted octanol–water partition coefficient (Wildman–Crippen LogP) is 3.56. The molecule has 1 aliphatic carbocycles. The highest BCUT2D eigenvalue weighted by molar-refractivity contribution is 5.36. The van der Waals surface area contributed by atoms with E-state index in [-0.39, 0.29) is 0 Å². The van der Waals surface area contributed by atoms with Crippen molar-refractivity contribution >= 4 is 0 Å². The van der Waals surface area contributed by atoms with Gasteiger partial charge in [0, 0.05) is 25.3 Å². The molecule has 0 saturated carbocycles. The van der Waals surface area contributed by atoms with Crippen molar-refractivity contribution in [3.05, 3.63) is 23.4 Å². The number of rotatable bonds is 3. The van der Waals surface area contributed by atoms with Crippen LogP contribution in [0.2, 0.25) is 0 Å². The lowest BCUT2D eigenvalue weighted by Gasteiger charge is -2.34. The van der Waals surface area contributed by atoms with E-state index in [1.807, 2.05) is 0 Å². The van der Waals surface area contributed by atoms with Crippen molar-refractivity contribution in [2.45, 2.75) is 51.4 Å². The van der Waals surface area contributed by atoms with Gasteiger partial charge in [0.2, 0.25) is 0 Å². The van der Waals surface area contributed by atoms with E-state index in [2.05, 4.69) is 16.4 Å². The smallest absolute Gasteiger partial charge is 0.0397 e. The summed E-state index contributed by atoms with van der Waals surface area (Å²) in [6.45, 7) is 10.7. The highest BCUT2D eigenvalue weighted by Crippen LogP contribution is 2.33. The Kier molecular flexibility index (Phi) is 4.27. The third kappa shape index (κ3) is 3.05. The van der Waals surface area contributed by atoms with Crippen LogP contribution in [-0.4, -0.2) is 42.5 Å². The number of hydrogen-bond acceptors (Lipinski definition) is 2. The van der Waals surface area contributed by atoms with Crippen LogP contribution in [0.3, 0.4) is 0 Å². The third-order valence-electron chi connectivity index (χ3n) is 4.91. The minimum absolute atomic E-state index is 1.21. The molecule has 2 saturated heterocycles. The molecule has 0 spiro atoms. The molecule has 0 aromatic heterocycles. The molecule has 2 fully saturated rings. The molecule has 106 valence electrons. The maximum Gasteiger partial charge on any atom is 0.0397 e. The highest BCUT2D eigenvalue weighted by Gasteiger charge is 2.25. The van der Waals surface area contributed by atoms with Crippen molar-refractivity contribution in [2.75, 3.05) is 32.7 Å². The summed E-state index contributed by atoms with van der Waals surface area (Å²) in [5.41, 5.74) is 4.68. The second kappa shape index (κ2) is 6.13. The Morgan fingerprint density at radius 3 is 2.21 bits per heavy atom. The molecular weight excluding hydrogens is 232 g/mol. The van der Waals surface area contributed by atoms with Crippen LogP contribution in [-0.2, 0) is 0 Å². The van der Waals surface area contributed by atoms with Gasteiger partial charge >= 0.3 is 0 Å². The zero-order valence-corrected chi connectivity index (χ0v) is 12.3. The Morgan fingerprint density at radius 2 is 1.47 bits per heavy atom. The van der Waals surface area contributed by atoms with E-state index in [9.17, 15) is 0 Å². The van der Waals surface area contributed by atoms with Gasteiger partial charge in [-0.2, -0.15) is 0 Å². The topological polar surface area (TPSA) is 6.48 Å². The fourth-order valence-corrected chi connectivity index (χ4v) is 3.93. The Labute approximate surface area is 118 Å². The van der Waals surface area contributed by atoms with Crippen LogP contribution in [0.4, 0.5) is 0 Å². The van der Waals surface area contributed by atoms with Gasteiger partial charge in [0.05, 0.1) is 0 Å². The summed E-state index contributed by atoms with van der Waals surface area (Å²) in [6.07, 6.45) is 10.8. The molecule has 0 atom stereocenters. The predicted molar refractivity (Wildman–Crippen MR) is 81.1 cm³/mol. The molecule has 3 aliphatic rings. The number of likely N-dealkylation sites (tertiary alicyclic amines) is 2.